The van der Waals surface area contributed by atoms with Crippen molar-refractivity contribution in [2.45, 2.75) is 45.8 Å². The molecule has 5 aromatic rings. The molecule has 6 rings (SSSR count). The Hall–Kier alpha value is -3.81. The maximum absolute atomic E-state index is 12.8. The summed E-state index contributed by atoms with van der Waals surface area (Å²) in [7, 11) is 1.91. The zero-order valence-corrected chi connectivity index (χ0v) is 23.5. The largest absolute Gasteiger partial charge is 0.493 e. The van der Waals surface area contributed by atoms with Crippen LogP contribution in [-0.4, -0.2) is 38.6 Å². The van der Waals surface area contributed by atoms with Gasteiger partial charge in [0.2, 0.25) is 0 Å². The maximum atomic E-state index is 12.8. The van der Waals surface area contributed by atoms with Gasteiger partial charge in [0, 0.05) is 42.1 Å². The van der Waals surface area contributed by atoms with E-state index in [1.165, 1.54) is 0 Å². The maximum Gasteiger partial charge on any atom is 0.352 e. The lowest BCUT2D eigenvalue weighted by Crippen LogP contribution is -2.12. The van der Waals surface area contributed by atoms with Crippen LogP contribution >= 0.6 is 11.6 Å². The van der Waals surface area contributed by atoms with Gasteiger partial charge in [-0.25, -0.2) is 4.79 Å². The number of nitrogens with zero attached hydrogens (tertiary/aromatic N) is 3. The Bertz CT molecular complexity index is 1730. The standard InChI is InChI=1S/C32H32ClN3O4/c1-20-28-26(35(2)34-20)19-39-17-6-5-16-36-30-24(14-15-25(33)29(28)30)23(31(36)32(37)38)12-8-18-40-27-13-7-10-21-9-3-4-11-22(21)27/h3-4,7,9-11,13-15H,5-6,8,12,16-19H2,1-2H3,(H,37,38). The molecule has 1 aliphatic heterocycles. The molecule has 0 amide bonds. The Morgan fingerprint density at radius 1 is 1.07 bits per heavy atom. The monoisotopic (exact) mass is 557 g/mol. The van der Waals surface area contributed by atoms with Crippen molar-refractivity contribution in [2.75, 3.05) is 13.2 Å². The van der Waals surface area contributed by atoms with Crippen LogP contribution in [0.3, 0.4) is 0 Å². The smallest absolute Gasteiger partial charge is 0.352 e. The second-order valence-corrected chi connectivity index (χ2v) is 10.7. The zero-order chi connectivity index (χ0) is 27.8. The van der Waals surface area contributed by atoms with Gasteiger partial charge in [-0.2, -0.15) is 5.10 Å². The summed E-state index contributed by atoms with van der Waals surface area (Å²) in [6.07, 6.45) is 2.87. The predicted molar refractivity (Wildman–Crippen MR) is 158 cm³/mol. The topological polar surface area (TPSA) is 78.5 Å². The van der Waals surface area contributed by atoms with Crippen LogP contribution in [0.1, 0.15) is 46.7 Å². The molecule has 0 saturated heterocycles. The molecule has 3 heterocycles. The van der Waals surface area contributed by atoms with Gasteiger partial charge >= 0.3 is 5.97 Å². The van der Waals surface area contributed by atoms with Crippen LogP contribution in [0, 0.1) is 6.92 Å². The van der Waals surface area contributed by atoms with Crippen molar-refractivity contribution >= 4 is 39.2 Å². The Morgan fingerprint density at radius 3 is 2.75 bits per heavy atom. The van der Waals surface area contributed by atoms with Crippen LogP contribution < -0.4 is 4.74 Å². The van der Waals surface area contributed by atoms with Gasteiger partial charge in [-0.3, -0.25) is 4.68 Å². The molecule has 7 nitrogen and oxygen atoms in total. The fourth-order valence-corrected chi connectivity index (χ4v) is 6.29. The first kappa shape index (κ1) is 26.4. The van der Waals surface area contributed by atoms with E-state index >= 15 is 0 Å². The molecule has 1 N–H and O–H groups in total. The van der Waals surface area contributed by atoms with E-state index in [1.54, 1.807) is 0 Å². The van der Waals surface area contributed by atoms with Gasteiger partial charge in [-0.05, 0) is 55.7 Å². The number of aryl methyl sites for hydroxylation is 4. The molecule has 0 unspecified atom stereocenters. The molecule has 0 aliphatic carbocycles. The van der Waals surface area contributed by atoms with Gasteiger partial charge in [-0.15, -0.1) is 0 Å². The molecule has 0 radical (unpaired) electrons. The molecule has 0 spiro atoms. The summed E-state index contributed by atoms with van der Waals surface area (Å²) in [4.78, 5) is 12.8. The van der Waals surface area contributed by atoms with Gasteiger partial charge in [0.05, 0.1) is 35.1 Å². The molecule has 1 aliphatic rings. The van der Waals surface area contributed by atoms with Crippen LogP contribution in [0.4, 0.5) is 0 Å². The summed E-state index contributed by atoms with van der Waals surface area (Å²) < 4.78 is 16.0. The Balaban J connectivity index is 1.42. The molecular formula is C32H32ClN3O4. The van der Waals surface area contributed by atoms with Crippen molar-refractivity contribution in [2.24, 2.45) is 7.05 Å². The van der Waals surface area contributed by atoms with E-state index in [0.29, 0.717) is 49.9 Å². The van der Waals surface area contributed by atoms with Crippen molar-refractivity contribution in [1.82, 2.24) is 14.3 Å². The summed E-state index contributed by atoms with van der Waals surface area (Å²) in [5.41, 5.74) is 5.51. The molecule has 0 fully saturated rings. The van der Waals surface area contributed by atoms with Crippen LogP contribution in [0.2, 0.25) is 5.02 Å². The first-order valence-corrected chi connectivity index (χ1v) is 14.1. The van der Waals surface area contributed by atoms with Gasteiger partial charge in [0.25, 0.3) is 0 Å². The quantitative estimate of drug-likeness (QED) is 0.224. The van der Waals surface area contributed by atoms with E-state index in [0.717, 1.165) is 68.3 Å². The second-order valence-electron chi connectivity index (χ2n) is 10.3. The lowest BCUT2D eigenvalue weighted by Gasteiger charge is -2.13. The molecular weight excluding hydrogens is 526 g/mol. The minimum absolute atomic E-state index is 0.326. The van der Waals surface area contributed by atoms with Crippen LogP contribution in [0.15, 0.2) is 54.6 Å². The molecule has 206 valence electrons. The third-order valence-electron chi connectivity index (χ3n) is 7.81. The fraction of sp³-hybridized carbons (Fsp3) is 0.312. The van der Waals surface area contributed by atoms with Crippen molar-refractivity contribution < 1.29 is 19.4 Å². The average Bonchev–Trinajstić information content (AvgIpc) is 3.39. The molecule has 0 bridgehead atoms. The zero-order valence-electron chi connectivity index (χ0n) is 22.7. The first-order valence-electron chi connectivity index (χ1n) is 13.7. The molecule has 40 heavy (non-hydrogen) atoms. The number of benzene rings is 3. The Kier molecular flexibility index (Phi) is 7.26. The van der Waals surface area contributed by atoms with Crippen LogP contribution in [0.5, 0.6) is 5.75 Å². The number of ether oxygens (including phenoxy) is 2. The van der Waals surface area contributed by atoms with Gasteiger partial charge in [-0.1, -0.05) is 54.1 Å². The lowest BCUT2D eigenvalue weighted by atomic mass is 9.98. The molecule has 3 aromatic carbocycles. The second kappa shape index (κ2) is 11.0. The highest BCUT2D eigenvalue weighted by molar-refractivity contribution is 6.35. The van der Waals surface area contributed by atoms with E-state index in [4.69, 9.17) is 21.1 Å². The number of carboxylic acids is 1. The highest BCUT2D eigenvalue weighted by Crippen LogP contribution is 2.42. The summed E-state index contributed by atoms with van der Waals surface area (Å²) in [6, 6.07) is 18.0. The van der Waals surface area contributed by atoms with Crippen molar-refractivity contribution in [3.05, 3.63) is 82.3 Å². The number of aromatic carboxylic acids is 1. The minimum Gasteiger partial charge on any atom is -0.493 e. The number of hydrogen-bond donors (Lipinski definition) is 1. The number of aromatic nitrogens is 3. The number of rotatable bonds is 6. The highest BCUT2D eigenvalue weighted by Gasteiger charge is 2.28. The first-order chi connectivity index (χ1) is 19.5. The number of halogens is 1. The SMILES string of the molecule is Cc1nn(C)c2c1-c1c(Cl)ccc3c(CCCOc4cccc5ccccc45)c(C(=O)O)n(c13)CCCCOC2. The third kappa shape index (κ3) is 4.63. The third-order valence-corrected chi connectivity index (χ3v) is 8.12. The van der Waals surface area contributed by atoms with E-state index in [9.17, 15) is 9.90 Å². The van der Waals surface area contributed by atoms with Crippen LogP contribution in [0.25, 0.3) is 32.8 Å². The van der Waals surface area contributed by atoms with E-state index < -0.39 is 5.97 Å². The average molecular weight is 558 g/mol. The lowest BCUT2D eigenvalue weighted by molar-refractivity contribution is 0.0683. The van der Waals surface area contributed by atoms with Crippen molar-refractivity contribution in [3.8, 4) is 16.9 Å². The Morgan fingerprint density at radius 2 is 1.90 bits per heavy atom. The van der Waals surface area contributed by atoms with Gasteiger partial charge in [0.1, 0.15) is 11.4 Å². The normalized spacial score (nSPS) is 13.8. The molecule has 8 heteroatoms. The molecule has 2 aromatic heterocycles. The van der Waals surface area contributed by atoms with Crippen molar-refractivity contribution in [3.63, 3.8) is 0 Å². The van der Waals surface area contributed by atoms with E-state index in [2.05, 4.69) is 23.3 Å². The minimum atomic E-state index is -0.933. The number of carboxylic acid groups (broad SMARTS) is 1. The van der Waals surface area contributed by atoms with Gasteiger partial charge < -0.3 is 19.1 Å². The summed E-state index contributed by atoms with van der Waals surface area (Å²) in [6.45, 7) is 4.02. The van der Waals surface area contributed by atoms with E-state index in [1.807, 2.05) is 59.6 Å². The Labute approximate surface area is 237 Å². The van der Waals surface area contributed by atoms with Gasteiger partial charge in [0.15, 0.2) is 0 Å². The number of fused-ring (bicyclic) bond motifs is 3. The molecule has 0 saturated carbocycles. The summed E-state index contributed by atoms with van der Waals surface area (Å²) in [5, 5.41) is 18.8. The highest BCUT2D eigenvalue weighted by atomic mass is 35.5. The van der Waals surface area contributed by atoms with Crippen LogP contribution in [-0.2, 0) is 31.4 Å². The predicted octanol–water partition coefficient (Wildman–Crippen LogP) is 7.18. The summed E-state index contributed by atoms with van der Waals surface area (Å²) in [5.74, 6) is -0.0955. The molecule has 0 atom stereocenters. The number of hydrogen-bond acceptors (Lipinski definition) is 4. The number of carbonyl (C=O) groups is 1. The van der Waals surface area contributed by atoms with E-state index in [-0.39, 0.29) is 0 Å². The summed E-state index contributed by atoms with van der Waals surface area (Å²) >= 11 is 6.90. The van der Waals surface area contributed by atoms with Crippen molar-refractivity contribution in [1.29, 1.82) is 0 Å². The fourth-order valence-electron chi connectivity index (χ4n) is 6.04.